The Morgan fingerprint density at radius 3 is 2.72 bits per heavy atom. The molecule has 2 N–H and O–H groups in total. The summed E-state index contributed by atoms with van der Waals surface area (Å²) in [5, 5.41) is 6.79. The highest BCUT2D eigenvalue weighted by Gasteiger charge is 2.18. The van der Waals surface area contributed by atoms with Crippen molar-refractivity contribution in [2.45, 2.75) is 59.7 Å². The Morgan fingerprint density at radius 2 is 2.10 bits per heavy atom. The molecule has 1 atom stereocenters. The van der Waals surface area contributed by atoms with Gasteiger partial charge in [-0.25, -0.2) is 4.99 Å². The lowest BCUT2D eigenvalue weighted by Crippen LogP contribution is -2.43. The molecule has 0 radical (unpaired) electrons. The van der Waals surface area contributed by atoms with Gasteiger partial charge in [-0.05, 0) is 45.9 Å². The van der Waals surface area contributed by atoms with Crippen molar-refractivity contribution < 1.29 is 9.47 Å². The van der Waals surface area contributed by atoms with E-state index in [1.165, 1.54) is 5.56 Å². The number of hydrogen-bond donors (Lipinski definition) is 2. The summed E-state index contributed by atoms with van der Waals surface area (Å²) in [6.07, 6.45) is 1.09. The van der Waals surface area contributed by atoms with Crippen molar-refractivity contribution in [3.05, 3.63) is 29.3 Å². The summed E-state index contributed by atoms with van der Waals surface area (Å²) in [6.45, 7) is 16.6. The van der Waals surface area contributed by atoms with Crippen molar-refractivity contribution in [1.82, 2.24) is 15.5 Å². The molecule has 0 saturated carbocycles. The molecular weight excluding hydrogens is 479 g/mol. The van der Waals surface area contributed by atoms with Crippen LogP contribution in [0.3, 0.4) is 0 Å². The summed E-state index contributed by atoms with van der Waals surface area (Å²) in [7, 11) is 0. The first-order chi connectivity index (χ1) is 13.5. The highest BCUT2D eigenvalue weighted by Crippen LogP contribution is 2.24. The minimum atomic E-state index is 0. The van der Waals surface area contributed by atoms with Crippen molar-refractivity contribution in [3.8, 4) is 5.75 Å². The summed E-state index contributed by atoms with van der Waals surface area (Å²) in [4.78, 5) is 7.22. The van der Waals surface area contributed by atoms with Crippen LogP contribution in [0.25, 0.3) is 0 Å². The van der Waals surface area contributed by atoms with E-state index in [1.807, 2.05) is 0 Å². The topological polar surface area (TPSA) is 58.1 Å². The number of rotatable bonds is 10. The number of nitrogens with zero attached hydrogens (tertiary/aromatic N) is 2. The Hall–Kier alpha value is -1.06. The van der Waals surface area contributed by atoms with Crippen molar-refractivity contribution >= 4 is 29.9 Å². The zero-order valence-electron chi connectivity index (χ0n) is 18.7. The second-order valence-corrected chi connectivity index (χ2v) is 7.56. The number of guanidine groups is 1. The average molecular weight is 518 g/mol. The molecule has 1 heterocycles. The molecule has 0 aromatic heterocycles. The van der Waals surface area contributed by atoms with E-state index in [-0.39, 0.29) is 30.1 Å². The predicted molar refractivity (Wildman–Crippen MR) is 132 cm³/mol. The molecule has 0 spiro atoms. The summed E-state index contributed by atoms with van der Waals surface area (Å²) in [5.74, 6) is 1.77. The van der Waals surface area contributed by atoms with Crippen LogP contribution in [0.4, 0.5) is 0 Å². The minimum Gasteiger partial charge on any atom is -0.488 e. The highest BCUT2D eigenvalue weighted by molar-refractivity contribution is 14.0. The van der Waals surface area contributed by atoms with E-state index in [2.05, 4.69) is 68.4 Å². The summed E-state index contributed by atoms with van der Waals surface area (Å²) in [6, 6.07) is 6.89. The van der Waals surface area contributed by atoms with Crippen LogP contribution in [0.5, 0.6) is 5.75 Å². The fourth-order valence-electron chi connectivity index (χ4n) is 3.29. The lowest BCUT2D eigenvalue weighted by Gasteiger charge is -2.25. The Bertz CT molecular complexity index is 619. The fraction of sp³-hybridized carbons (Fsp3) is 0.682. The molecule has 29 heavy (non-hydrogen) atoms. The number of aliphatic imine (C=N–C) groups is 1. The quantitative estimate of drug-likeness (QED) is 0.282. The van der Waals surface area contributed by atoms with Gasteiger partial charge in [-0.1, -0.05) is 19.1 Å². The van der Waals surface area contributed by atoms with Crippen molar-refractivity contribution in [3.63, 3.8) is 0 Å². The molecule has 2 rings (SSSR count). The molecule has 1 unspecified atom stereocenters. The number of ether oxygens (including phenoxy) is 2. The standard InChI is InChI=1S/C22H38N4O2.HI/c1-6-23-22(24-11-12-26(7-2)17(3)4)25-15-19-9-8-18(5)14-21(19)28-20-10-13-27-16-20;/h8-9,14,17,20H,6-7,10-13,15-16H2,1-5H3,(H2,23,24,25);1H. The predicted octanol–water partition coefficient (Wildman–Crippen LogP) is 3.57. The van der Waals surface area contributed by atoms with Crippen LogP contribution in [0, 0.1) is 6.92 Å². The Morgan fingerprint density at radius 1 is 1.31 bits per heavy atom. The molecule has 166 valence electrons. The van der Waals surface area contributed by atoms with Crippen LogP contribution in [0.15, 0.2) is 23.2 Å². The SMILES string of the molecule is CCNC(=NCc1ccc(C)cc1OC1CCOC1)NCCN(CC)C(C)C.I. The van der Waals surface area contributed by atoms with E-state index in [9.17, 15) is 0 Å². The number of benzene rings is 1. The highest BCUT2D eigenvalue weighted by atomic mass is 127. The van der Waals surface area contributed by atoms with Gasteiger partial charge in [0.15, 0.2) is 5.96 Å². The third kappa shape index (κ3) is 9.09. The number of halogens is 1. The smallest absolute Gasteiger partial charge is 0.191 e. The van der Waals surface area contributed by atoms with Crippen LogP contribution >= 0.6 is 24.0 Å². The van der Waals surface area contributed by atoms with Gasteiger partial charge in [-0.2, -0.15) is 0 Å². The van der Waals surface area contributed by atoms with E-state index < -0.39 is 0 Å². The van der Waals surface area contributed by atoms with Gasteiger partial charge in [0, 0.05) is 37.7 Å². The van der Waals surface area contributed by atoms with Crippen molar-refractivity contribution in [1.29, 1.82) is 0 Å². The van der Waals surface area contributed by atoms with E-state index in [0.29, 0.717) is 19.2 Å². The summed E-state index contributed by atoms with van der Waals surface area (Å²) >= 11 is 0. The molecule has 0 amide bonds. The molecule has 0 bridgehead atoms. The van der Waals surface area contributed by atoms with E-state index in [0.717, 1.165) is 56.5 Å². The summed E-state index contributed by atoms with van der Waals surface area (Å²) in [5.41, 5.74) is 2.30. The molecule has 0 aliphatic carbocycles. The normalized spacial score (nSPS) is 16.8. The molecule has 1 aromatic carbocycles. The third-order valence-electron chi connectivity index (χ3n) is 4.98. The Balaban J connectivity index is 0.00000420. The van der Waals surface area contributed by atoms with Gasteiger partial charge in [0.25, 0.3) is 0 Å². The maximum absolute atomic E-state index is 6.19. The zero-order chi connectivity index (χ0) is 20.4. The van der Waals surface area contributed by atoms with Gasteiger partial charge in [-0.15, -0.1) is 24.0 Å². The van der Waals surface area contributed by atoms with E-state index in [1.54, 1.807) is 0 Å². The molecular formula is C22H39IN4O2. The molecule has 1 aliphatic heterocycles. The largest absolute Gasteiger partial charge is 0.488 e. The van der Waals surface area contributed by atoms with Gasteiger partial charge in [0.1, 0.15) is 11.9 Å². The summed E-state index contributed by atoms with van der Waals surface area (Å²) < 4.78 is 11.6. The van der Waals surface area contributed by atoms with Gasteiger partial charge < -0.3 is 20.1 Å². The van der Waals surface area contributed by atoms with Crippen LogP contribution in [-0.4, -0.2) is 62.4 Å². The monoisotopic (exact) mass is 518 g/mol. The molecule has 7 heteroatoms. The molecule has 1 saturated heterocycles. The van der Waals surface area contributed by atoms with Crippen molar-refractivity contribution in [2.75, 3.05) is 39.4 Å². The first kappa shape index (κ1) is 26.0. The zero-order valence-corrected chi connectivity index (χ0v) is 21.0. The minimum absolute atomic E-state index is 0. The van der Waals surface area contributed by atoms with Crippen LogP contribution in [0.1, 0.15) is 45.2 Å². The van der Waals surface area contributed by atoms with Gasteiger partial charge in [-0.3, -0.25) is 4.90 Å². The van der Waals surface area contributed by atoms with Gasteiger partial charge in [0.2, 0.25) is 0 Å². The molecule has 6 nitrogen and oxygen atoms in total. The van der Waals surface area contributed by atoms with Gasteiger partial charge >= 0.3 is 0 Å². The lowest BCUT2D eigenvalue weighted by molar-refractivity contribution is 0.140. The first-order valence-electron chi connectivity index (χ1n) is 10.6. The molecule has 1 aromatic rings. The van der Waals surface area contributed by atoms with Gasteiger partial charge in [0.05, 0.1) is 19.8 Å². The lowest BCUT2D eigenvalue weighted by atomic mass is 10.1. The third-order valence-corrected chi connectivity index (χ3v) is 4.98. The molecule has 1 aliphatic rings. The fourth-order valence-corrected chi connectivity index (χ4v) is 3.29. The number of likely N-dealkylation sites (N-methyl/N-ethyl adjacent to an activating group) is 1. The second-order valence-electron chi connectivity index (χ2n) is 7.56. The average Bonchev–Trinajstić information content (AvgIpc) is 3.17. The first-order valence-corrected chi connectivity index (χ1v) is 10.6. The number of hydrogen-bond acceptors (Lipinski definition) is 4. The number of aryl methyl sites for hydroxylation is 1. The van der Waals surface area contributed by atoms with E-state index in [4.69, 9.17) is 14.5 Å². The maximum Gasteiger partial charge on any atom is 0.191 e. The van der Waals surface area contributed by atoms with Crippen LogP contribution in [0.2, 0.25) is 0 Å². The maximum atomic E-state index is 6.19. The van der Waals surface area contributed by atoms with Crippen molar-refractivity contribution in [2.24, 2.45) is 4.99 Å². The van der Waals surface area contributed by atoms with E-state index >= 15 is 0 Å². The number of nitrogens with one attached hydrogen (secondary N) is 2. The molecule has 1 fully saturated rings. The van der Waals surface area contributed by atoms with Crippen LogP contribution in [-0.2, 0) is 11.3 Å². The van der Waals surface area contributed by atoms with Crippen LogP contribution < -0.4 is 15.4 Å². The second kappa shape index (κ2) is 14.0. The Kier molecular flexibility index (Phi) is 12.6. The Labute approximate surface area is 193 Å².